The average Bonchev–Trinajstić information content (AvgIpc) is 2.50. The van der Waals surface area contributed by atoms with Crippen LogP contribution in [0.4, 0.5) is 4.39 Å². The van der Waals surface area contributed by atoms with Crippen molar-refractivity contribution in [3.8, 4) is 11.3 Å². The molecule has 110 valence electrons. The number of hydrogen-bond acceptors (Lipinski definition) is 2. The van der Waals surface area contributed by atoms with Crippen molar-refractivity contribution in [3.63, 3.8) is 0 Å². The standard InChI is InChI=1S/C18H15FN2O/c1-13-5-7-15(8-6-13)17-9-10-18(22)21(20-17)12-14-3-2-4-16(19)11-14/h2-11H,12H2,1H3. The van der Waals surface area contributed by atoms with Crippen LogP contribution in [0.15, 0.2) is 65.5 Å². The first kappa shape index (κ1) is 14.2. The first-order valence-electron chi connectivity index (χ1n) is 7.01. The summed E-state index contributed by atoms with van der Waals surface area (Å²) < 4.78 is 14.6. The lowest BCUT2D eigenvalue weighted by molar-refractivity contribution is 0.612. The molecule has 0 aliphatic carbocycles. The zero-order chi connectivity index (χ0) is 15.5. The zero-order valence-electron chi connectivity index (χ0n) is 12.2. The molecule has 0 atom stereocenters. The van der Waals surface area contributed by atoms with Gasteiger partial charge in [-0.3, -0.25) is 4.79 Å². The van der Waals surface area contributed by atoms with Gasteiger partial charge in [-0.1, -0.05) is 42.0 Å². The minimum atomic E-state index is -0.319. The van der Waals surface area contributed by atoms with Crippen molar-refractivity contribution < 1.29 is 4.39 Å². The van der Waals surface area contributed by atoms with E-state index in [1.165, 1.54) is 22.9 Å². The van der Waals surface area contributed by atoms with Gasteiger partial charge in [0.25, 0.3) is 5.56 Å². The number of aryl methyl sites for hydroxylation is 1. The number of hydrogen-bond donors (Lipinski definition) is 0. The Morgan fingerprint density at radius 1 is 1.05 bits per heavy atom. The molecule has 0 saturated carbocycles. The van der Waals surface area contributed by atoms with Crippen LogP contribution >= 0.6 is 0 Å². The van der Waals surface area contributed by atoms with E-state index in [-0.39, 0.29) is 17.9 Å². The van der Waals surface area contributed by atoms with Crippen LogP contribution in [-0.4, -0.2) is 9.78 Å². The predicted octanol–water partition coefficient (Wildman–Crippen LogP) is 3.41. The van der Waals surface area contributed by atoms with Crippen molar-refractivity contribution in [2.45, 2.75) is 13.5 Å². The van der Waals surface area contributed by atoms with Crippen LogP contribution in [0.5, 0.6) is 0 Å². The van der Waals surface area contributed by atoms with E-state index < -0.39 is 0 Å². The highest BCUT2D eigenvalue weighted by molar-refractivity contribution is 5.58. The van der Waals surface area contributed by atoms with Gasteiger partial charge in [-0.15, -0.1) is 0 Å². The molecule has 0 aliphatic rings. The Bertz CT molecular complexity index is 853. The summed E-state index contributed by atoms with van der Waals surface area (Å²) in [5.74, 6) is -0.319. The lowest BCUT2D eigenvalue weighted by Gasteiger charge is -2.08. The molecule has 0 aliphatic heterocycles. The summed E-state index contributed by atoms with van der Waals surface area (Å²) in [6.45, 7) is 2.26. The maximum absolute atomic E-state index is 13.2. The molecular weight excluding hydrogens is 279 g/mol. The maximum atomic E-state index is 13.2. The second-order valence-electron chi connectivity index (χ2n) is 5.21. The molecule has 1 aromatic heterocycles. The first-order chi connectivity index (χ1) is 10.6. The molecule has 0 bridgehead atoms. The summed E-state index contributed by atoms with van der Waals surface area (Å²) >= 11 is 0. The smallest absolute Gasteiger partial charge is 0.267 e. The average molecular weight is 294 g/mol. The Labute approximate surface area is 127 Å². The van der Waals surface area contributed by atoms with Gasteiger partial charge < -0.3 is 0 Å². The van der Waals surface area contributed by atoms with Gasteiger partial charge in [0.05, 0.1) is 12.2 Å². The third kappa shape index (κ3) is 3.11. The van der Waals surface area contributed by atoms with E-state index in [0.717, 1.165) is 16.8 Å². The molecular formula is C18H15FN2O. The predicted molar refractivity (Wildman–Crippen MR) is 84.2 cm³/mol. The molecule has 0 fully saturated rings. The number of benzene rings is 2. The summed E-state index contributed by atoms with van der Waals surface area (Å²) in [6.07, 6.45) is 0. The summed E-state index contributed by atoms with van der Waals surface area (Å²) in [7, 11) is 0. The van der Waals surface area contributed by atoms with E-state index in [1.807, 2.05) is 31.2 Å². The topological polar surface area (TPSA) is 34.9 Å². The minimum Gasteiger partial charge on any atom is -0.268 e. The summed E-state index contributed by atoms with van der Waals surface area (Å²) in [6, 6.07) is 17.3. The lowest BCUT2D eigenvalue weighted by Crippen LogP contribution is -2.22. The molecule has 0 saturated heterocycles. The Kier molecular flexibility index (Phi) is 3.83. The molecule has 0 spiro atoms. The van der Waals surface area contributed by atoms with Gasteiger partial charge >= 0.3 is 0 Å². The van der Waals surface area contributed by atoms with E-state index in [1.54, 1.807) is 18.2 Å². The van der Waals surface area contributed by atoms with Crippen molar-refractivity contribution >= 4 is 0 Å². The van der Waals surface area contributed by atoms with Crippen molar-refractivity contribution in [3.05, 3.63) is 88.0 Å². The summed E-state index contributed by atoms with van der Waals surface area (Å²) in [5, 5.41) is 4.38. The summed E-state index contributed by atoms with van der Waals surface area (Å²) in [4.78, 5) is 12.0. The van der Waals surface area contributed by atoms with Gasteiger partial charge in [0.2, 0.25) is 0 Å². The van der Waals surface area contributed by atoms with Crippen LogP contribution in [0.2, 0.25) is 0 Å². The Hall–Kier alpha value is -2.75. The van der Waals surface area contributed by atoms with Crippen LogP contribution in [0.25, 0.3) is 11.3 Å². The second kappa shape index (κ2) is 5.93. The Morgan fingerprint density at radius 2 is 1.82 bits per heavy atom. The van der Waals surface area contributed by atoms with Crippen LogP contribution < -0.4 is 5.56 Å². The highest BCUT2D eigenvalue weighted by Gasteiger charge is 2.05. The largest absolute Gasteiger partial charge is 0.268 e. The maximum Gasteiger partial charge on any atom is 0.267 e. The van der Waals surface area contributed by atoms with E-state index >= 15 is 0 Å². The van der Waals surface area contributed by atoms with Crippen LogP contribution in [-0.2, 0) is 6.54 Å². The molecule has 0 N–H and O–H groups in total. The van der Waals surface area contributed by atoms with E-state index in [0.29, 0.717) is 5.56 Å². The van der Waals surface area contributed by atoms with Gasteiger partial charge in [0, 0.05) is 11.6 Å². The molecule has 22 heavy (non-hydrogen) atoms. The monoisotopic (exact) mass is 294 g/mol. The molecule has 0 amide bonds. The molecule has 2 aromatic carbocycles. The zero-order valence-corrected chi connectivity index (χ0v) is 12.2. The van der Waals surface area contributed by atoms with Gasteiger partial charge in [-0.2, -0.15) is 5.10 Å². The fraction of sp³-hybridized carbons (Fsp3) is 0.111. The number of halogens is 1. The summed E-state index contributed by atoms with van der Waals surface area (Å²) in [5.41, 5.74) is 3.32. The van der Waals surface area contributed by atoms with Crippen LogP contribution in [0.1, 0.15) is 11.1 Å². The quantitative estimate of drug-likeness (QED) is 0.742. The third-order valence-corrected chi connectivity index (χ3v) is 3.44. The lowest BCUT2D eigenvalue weighted by atomic mass is 10.1. The van der Waals surface area contributed by atoms with E-state index in [4.69, 9.17) is 0 Å². The number of aromatic nitrogens is 2. The van der Waals surface area contributed by atoms with Crippen molar-refractivity contribution in [1.29, 1.82) is 0 Å². The SMILES string of the molecule is Cc1ccc(-c2ccc(=O)n(Cc3cccc(F)c3)n2)cc1. The fourth-order valence-corrected chi connectivity index (χ4v) is 2.25. The molecule has 0 radical (unpaired) electrons. The van der Waals surface area contributed by atoms with E-state index in [2.05, 4.69) is 5.10 Å². The van der Waals surface area contributed by atoms with Crippen molar-refractivity contribution in [2.24, 2.45) is 0 Å². The Balaban J connectivity index is 1.96. The molecule has 3 aromatic rings. The van der Waals surface area contributed by atoms with E-state index in [9.17, 15) is 9.18 Å². The Morgan fingerprint density at radius 3 is 2.55 bits per heavy atom. The highest BCUT2D eigenvalue weighted by Crippen LogP contribution is 2.16. The second-order valence-corrected chi connectivity index (χ2v) is 5.21. The van der Waals surface area contributed by atoms with Gasteiger partial charge in [-0.05, 0) is 30.7 Å². The fourth-order valence-electron chi connectivity index (χ4n) is 2.25. The molecule has 3 rings (SSSR count). The minimum absolute atomic E-state index is 0.208. The molecule has 1 heterocycles. The van der Waals surface area contributed by atoms with Gasteiger partial charge in [-0.25, -0.2) is 9.07 Å². The highest BCUT2D eigenvalue weighted by atomic mass is 19.1. The first-order valence-corrected chi connectivity index (χ1v) is 7.01. The van der Waals surface area contributed by atoms with Gasteiger partial charge in [0.15, 0.2) is 0 Å². The normalized spacial score (nSPS) is 10.6. The third-order valence-electron chi connectivity index (χ3n) is 3.44. The van der Waals surface area contributed by atoms with Crippen LogP contribution in [0, 0.1) is 12.7 Å². The van der Waals surface area contributed by atoms with Crippen LogP contribution in [0.3, 0.4) is 0 Å². The molecule has 4 heteroatoms. The number of nitrogens with zero attached hydrogens (tertiary/aromatic N) is 2. The number of rotatable bonds is 3. The molecule has 3 nitrogen and oxygen atoms in total. The van der Waals surface area contributed by atoms with Gasteiger partial charge in [0.1, 0.15) is 5.82 Å². The van der Waals surface area contributed by atoms with Crippen molar-refractivity contribution in [2.75, 3.05) is 0 Å². The molecule has 0 unspecified atom stereocenters. The van der Waals surface area contributed by atoms with Crippen molar-refractivity contribution in [1.82, 2.24) is 9.78 Å².